The van der Waals surface area contributed by atoms with Gasteiger partial charge in [-0.2, -0.15) is 5.10 Å². The van der Waals surface area contributed by atoms with Gasteiger partial charge in [-0.05, 0) is 42.5 Å². The predicted molar refractivity (Wildman–Crippen MR) is 102 cm³/mol. The highest BCUT2D eigenvalue weighted by atomic mass is 32.1. The fourth-order valence-electron chi connectivity index (χ4n) is 2.90. The van der Waals surface area contributed by atoms with Gasteiger partial charge in [-0.3, -0.25) is 9.59 Å². The summed E-state index contributed by atoms with van der Waals surface area (Å²) in [5.74, 6) is 0.420. The van der Waals surface area contributed by atoms with E-state index in [0.717, 1.165) is 4.88 Å². The molecule has 2 aromatic rings. The third kappa shape index (κ3) is 4.49. The summed E-state index contributed by atoms with van der Waals surface area (Å²) in [4.78, 5) is 27.6. The van der Waals surface area contributed by atoms with Crippen LogP contribution in [0.3, 0.4) is 0 Å². The molecule has 0 atom stereocenters. The third-order valence-electron chi connectivity index (χ3n) is 4.38. The van der Waals surface area contributed by atoms with Crippen molar-refractivity contribution in [2.75, 3.05) is 20.2 Å². The van der Waals surface area contributed by atoms with Crippen LogP contribution in [0.15, 0.2) is 46.9 Å². The number of carbonyl (C=O) groups is 2. The van der Waals surface area contributed by atoms with Gasteiger partial charge in [-0.25, -0.2) is 5.43 Å². The van der Waals surface area contributed by atoms with Crippen LogP contribution in [0.25, 0.3) is 0 Å². The molecule has 7 heteroatoms. The molecule has 3 rings (SSSR count). The molecule has 1 fully saturated rings. The van der Waals surface area contributed by atoms with Gasteiger partial charge in [-0.15, -0.1) is 11.3 Å². The first-order valence-electron chi connectivity index (χ1n) is 8.47. The molecule has 1 saturated heterocycles. The first kappa shape index (κ1) is 18.1. The van der Waals surface area contributed by atoms with Gasteiger partial charge in [0, 0.05) is 29.4 Å². The van der Waals surface area contributed by atoms with Gasteiger partial charge in [0.2, 0.25) is 5.91 Å². The lowest BCUT2D eigenvalue weighted by Gasteiger charge is -2.31. The van der Waals surface area contributed by atoms with E-state index in [2.05, 4.69) is 10.5 Å². The number of nitrogens with one attached hydrogen (secondary N) is 1. The van der Waals surface area contributed by atoms with Crippen LogP contribution in [-0.4, -0.2) is 43.1 Å². The van der Waals surface area contributed by atoms with Crippen LogP contribution in [0.5, 0.6) is 5.75 Å². The van der Waals surface area contributed by atoms with E-state index in [1.165, 1.54) is 0 Å². The molecule has 0 saturated carbocycles. The van der Waals surface area contributed by atoms with Gasteiger partial charge in [0.25, 0.3) is 5.91 Å². The summed E-state index contributed by atoms with van der Waals surface area (Å²) in [5, 5.41) is 5.96. The Kier molecular flexibility index (Phi) is 6.01. The first-order chi connectivity index (χ1) is 12.7. The highest BCUT2D eigenvalue weighted by Gasteiger charge is 2.27. The molecular formula is C19H21N3O3S. The minimum atomic E-state index is -0.121. The number of carbonyl (C=O) groups excluding carboxylic acids is 2. The Hall–Kier alpha value is -2.67. The zero-order chi connectivity index (χ0) is 18.4. The molecule has 1 N–H and O–H groups in total. The normalized spacial score (nSPS) is 15.2. The lowest BCUT2D eigenvalue weighted by molar-refractivity contribution is -0.126. The molecule has 0 spiro atoms. The van der Waals surface area contributed by atoms with Crippen LogP contribution in [0, 0.1) is 5.92 Å². The predicted octanol–water partition coefficient (Wildman–Crippen LogP) is 2.76. The third-order valence-corrected chi connectivity index (χ3v) is 5.19. The van der Waals surface area contributed by atoms with E-state index in [1.807, 2.05) is 23.6 Å². The summed E-state index contributed by atoms with van der Waals surface area (Å²) in [6.07, 6.45) is 2.91. The fraction of sp³-hybridized carbons (Fsp3) is 0.316. The summed E-state index contributed by atoms with van der Waals surface area (Å²) in [5.41, 5.74) is 3.20. The highest BCUT2D eigenvalue weighted by molar-refractivity contribution is 7.11. The van der Waals surface area contributed by atoms with Crippen molar-refractivity contribution in [1.29, 1.82) is 0 Å². The van der Waals surface area contributed by atoms with Gasteiger partial charge in [-0.1, -0.05) is 12.1 Å². The van der Waals surface area contributed by atoms with Crippen LogP contribution in [0.2, 0.25) is 0 Å². The zero-order valence-electron chi connectivity index (χ0n) is 14.6. The van der Waals surface area contributed by atoms with Crippen molar-refractivity contribution < 1.29 is 14.3 Å². The van der Waals surface area contributed by atoms with Crippen molar-refractivity contribution in [3.8, 4) is 5.75 Å². The molecule has 26 heavy (non-hydrogen) atoms. The second kappa shape index (κ2) is 8.62. The number of piperidine rings is 1. The molecule has 0 radical (unpaired) electrons. The molecule has 1 aromatic heterocycles. The number of methoxy groups -OCH3 is 1. The minimum Gasteiger partial charge on any atom is -0.497 e. The van der Waals surface area contributed by atoms with Gasteiger partial charge >= 0.3 is 0 Å². The van der Waals surface area contributed by atoms with E-state index in [4.69, 9.17) is 4.74 Å². The number of hydrazone groups is 1. The standard InChI is InChI=1S/C19H21N3O3S/c1-25-16-5-2-4-15(12-16)19(24)22-9-7-14(8-10-22)18(23)21-20-13-17-6-3-11-26-17/h2-6,11-14H,7-10H2,1H3,(H,21,23). The van der Waals surface area contributed by atoms with Crippen LogP contribution in [0.1, 0.15) is 28.1 Å². The number of hydrogen-bond donors (Lipinski definition) is 1. The number of likely N-dealkylation sites (tertiary alicyclic amines) is 1. The summed E-state index contributed by atoms with van der Waals surface area (Å²) in [7, 11) is 1.58. The maximum Gasteiger partial charge on any atom is 0.253 e. The van der Waals surface area contributed by atoms with Crippen molar-refractivity contribution in [2.45, 2.75) is 12.8 Å². The first-order valence-corrected chi connectivity index (χ1v) is 9.35. The Balaban J connectivity index is 1.50. The number of rotatable bonds is 5. The largest absolute Gasteiger partial charge is 0.497 e. The molecule has 136 valence electrons. The molecule has 2 amide bonds. The average Bonchev–Trinajstić information content (AvgIpc) is 3.21. The van der Waals surface area contributed by atoms with E-state index < -0.39 is 0 Å². The second-order valence-corrected chi connectivity index (χ2v) is 7.03. The Morgan fingerprint density at radius 1 is 1.27 bits per heavy atom. The van der Waals surface area contributed by atoms with E-state index >= 15 is 0 Å². The number of nitrogens with zero attached hydrogens (tertiary/aromatic N) is 2. The topological polar surface area (TPSA) is 71.0 Å². The van der Waals surface area contributed by atoms with Gasteiger partial charge in [0.15, 0.2) is 0 Å². The van der Waals surface area contributed by atoms with Gasteiger partial charge in [0.05, 0.1) is 13.3 Å². The number of thiophene rings is 1. The monoisotopic (exact) mass is 371 g/mol. The number of ether oxygens (including phenoxy) is 1. The van der Waals surface area contributed by atoms with E-state index in [0.29, 0.717) is 37.2 Å². The highest BCUT2D eigenvalue weighted by Crippen LogP contribution is 2.21. The molecule has 6 nitrogen and oxygen atoms in total. The fourth-order valence-corrected chi connectivity index (χ4v) is 3.48. The van der Waals surface area contributed by atoms with Gasteiger partial charge in [0.1, 0.15) is 5.75 Å². The molecule has 1 aliphatic heterocycles. The Morgan fingerprint density at radius 2 is 2.08 bits per heavy atom. The summed E-state index contributed by atoms with van der Waals surface area (Å²) in [6.45, 7) is 1.12. The zero-order valence-corrected chi connectivity index (χ0v) is 15.4. The minimum absolute atomic E-state index is 0.0292. The van der Waals surface area contributed by atoms with Crippen LogP contribution in [0.4, 0.5) is 0 Å². The molecule has 0 bridgehead atoms. The van der Waals surface area contributed by atoms with Crippen molar-refractivity contribution in [3.05, 3.63) is 52.2 Å². The van der Waals surface area contributed by atoms with Crippen molar-refractivity contribution in [3.63, 3.8) is 0 Å². The van der Waals surface area contributed by atoms with Crippen LogP contribution < -0.4 is 10.2 Å². The molecule has 2 heterocycles. The maximum atomic E-state index is 12.6. The number of benzene rings is 1. The molecule has 1 aliphatic rings. The van der Waals surface area contributed by atoms with Crippen molar-refractivity contribution in [2.24, 2.45) is 11.0 Å². The Morgan fingerprint density at radius 3 is 2.77 bits per heavy atom. The van der Waals surface area contributed by atoms with Crippen LogP contribution >= 0.6 is 11.3 Å². The molecule has 0 unspecified atom stereocenters. The van der Waals surface area contributed by atoms with Crippen molar-refractivity contribution in [1.82, 2.24) is 10.3 Å². The summed E-state index contributed by atoms with van der Waals surface area (Å²) >= 11 is 1.56. The molecule has 1 aromatic carbocycles. The lowest BCUT2D eigenvalue weighted by atomic mass is 9.95. The molecule has 0 aliphatic carbocycles. The van der Waals surface area contributed by atoms with E-state index in [1.54, 1.807) is 47.8 Å². The maximum absolute atomic E-state index is 12.6. The Labute approximate surface area is 156 Å². The molecular weight excluding hydrogens is 350 g/mol. The smallest absolute Gasteiger partial charge is 0.253 e. The number of amides is 2. The summed E-state index contributed by atoms with van der Waals surface area (Å²) in [6, 6.07) is 11.0. The second-order valence-electron chi connectivity index (χ2n) is 6.05. The summed E-state index contributed by atoms with van der Waals surface area (Å²) < 4.78 is 5.17. The number of hydrogen-bond acceptors (Lipinski definition) is 5. The van der Waals surface area contributed by atoms with E-state index in [9.17, 15) is 9.59 Å². The lowest BCUT2D eigenvalue weighted by Crippen LogP contribution is -2.42. The Bertz CT molecular complexity index is 781. The van der Waals surface area contributed by atoms with Gasteiger partial charge < -0.3 is 9.64 Å². The van der Waals surface area contributed by atoms with E-state index in [-0.39, 0.29) is 17.7 Å². The quantitative estimate of drug-likeness (QED) is 0.649. The van der Waals surface area contributed by atoms with Crippen molar-refractivity contribution >= 4 is 29.4 Å². The SMILES string of the molecule is COc1cccc(C(=O)N2CCC(C(=O)NN=Cc3cccs3)CC2)c1. The average molecular weight is 371 g/mol. The van der Waals surface area contributed by atoms with Crippen LogP contribution in [-0.2, 0) is 4.79 Å².